The lowest BCUT2D eigenvalue weighted by Crippen LogP contribution is -2.66. The molecule has 2 aliphatic heterocycles. The molecule has 2 saturated heterocycles. The molecule has 0 aromatic rings. The van der Waals surface area contributed by atoms with Crippen LogP contribution in [-0.4, -0.2) is 63.1 Å². The highest BCUT2D eigenvalue weighted by Crippen LogP contribution is 2.34. The number of carbonyl (C=O) groups excluding carboxylic acids is 3. The molecule has 3 atom stereocenters. The fraction of sp³-hybridized carbons (Fsp3) is 0.692. The molecule has 0 saturated carbocycles. The molecule has 1 spiro atoms. The van der Waals surface area contributed by atoms with Crippen molar-refractivity contribution < 1.29 is 33.9 Å². The molecule has 8 heteroatoms. The number of hydrogen-bond donors (Lipinski definition) is 3. The predicted molar refractivity (Wildman–Crippen MR) is 68.6 cm³/mol. The van der Waals surface area contributed by atoms with E-state index >= 15 is 0 Å². The summed E-state index contributed by atoms with van der Waals surface area (Å²) in [6, 6.07) is -2.16. The van der Waals surface area contributed by atoms with Crippen molar-refractivity contribution in [3.05, 3.63) is 0 Å². The first-order valence-electron chi connectivity index (χ1n) is 6.95. The van der Waals surface area contributed by atoms with E-state index < -0.39 is 34.5 Å². The molecule has 0 aromatic heterocycles. The van der Waals surface area contributed by atoms with Crippen LogP contribution in [0.25, 0.3) is 0 Å². The van der Waals surface area contributed by atoms with Crippen LogP contribution in [0.2, 0.25) is 0 Å². The van der Waals surface area contributed by atoms with Gasteiger partial charge >= 0.3 is 17.8 Å². The summed E-state index contributed by atoms with van der Waals surface area (Å²) in [7, 11) is 0. The molecule has 1 unspecified atom stereocenters. The molecule has 0 bridgehead atoms. The maximum absolute atomic E-state index is 12.3. The average molecular weight is 299 g/mol. The second-order valence-corrected chi connectivity index (χ2v) is 5.67. The highest BCUT2D eigenvalue weighted by molar-refractivity contribution is 5.94. The maximum Gasteiger partial charge on any atom is 0.325 e. The van der Waals surface area contributed by atoms with Crippen molar-refractivity contribution in [2.75, 3.05) is 6.54 Å². The number of carbonyl (C=O) groups is 4. The van der Waals surface area contributed by atoms with Gasteiger partial charge in [-0.3, -0.25) is 9.59 Å². The molecule has 2 rings (SSSR count). The van der Waals surface area contributed by atoms with Crippen LogP contribution in [0.4, 0.5) is 0 Å². The summed E-state index contributed by atoms with van der Waals surface area (Å²) in [5.41, 5.74) is 0. The van der Waals surface area contributed by atoms with E-state index in [1.54, 1.807) is 0 Å². The summed E-state index contributed by atoms with van der Waals surface area (Å²) in [6.07, 6.45) is -0.108. The first-order chi connectivity index (χ1) is 9.79. The Kier molecular flexibility index (Phi) is 4.11. The van der Waals surface area contributed by atoms with Gasteiger partial charge < -0.3 is 15.5 Å². The number of aliphatic carboxylic acids is 1. The Labute approximate surface area is 121 Å². The smallest absolute Gasteiger partial charge is 0.325 e. The second kappa shape index (κ2) is 5.53. The average Bonchev–Trinajstić information content (AvgIpc) is 2.75. The van der Waals surface area contributed by atoms with E-state index in [0.29, 0.717) is 6.42 Å². The van der Waals surface area contributed by atoms with Gasteiger partial charge in [-0.15, -0.1) is 0 Å². The number of piperidine rings is 1. The zero-order valence-corrected chi connectivity index (χ0v) is 11.7. The normalized spacial score (nSPS) is 29.4. The van der Waals surface area contributed by atoms with E-state index in [1.807, 2.05) is 0 Å². The third kappa shape index (κ3) is 2.56. The maximum atomic E-state index is 12.3. The van der Waals surface area contributed by atoms with Crippen LogP contribution in [-0.2, 0) is 19.2 Å². The number of carboxylic acids is 1. The Bertz CT molecular complexity index is 487. The summed E-state index contributed by atoms with van der Waals surface area (Å²) in [6.45, 7) is 1.20. The van der Waals surface area contributed by atoms with E-state index in [0.717, 1.165) is 0 Å². The number of nitrogens with one attached hydrogen (secondary N) is 1. The third-order valence-electron chi connectivity index (χ3n) is 4.23. The summed E-state index contributed by atoms with van der Waals surface area (Å²) in [5, 5.41) is 20.9. The molecule has 2 fully saturated rings. The lowest BCUT2D eigenvalue weighted by Gasteiger charge is -2.36. The van der Waals surface area contributed by atoms with Crippen molar-refractivity contribution in [1.29, 1.82) is 0 Å². The van der Waals surface area contributed by atoms with E-state index in [4.69, 9.17) is 5.11 Å². The topological polar surface area (TPSA) is 121 Å². The van der Waals surface area contributed by atoms with Crippen LogP contribution in [0, 0.1) is 0 Å². The minimum absolute atomic E-state index is 0.0182. The van der Waals surface area contributed by atoms with Gasteiger partial charge in [-0.05, 0) is 13.3 Å². The standard InChI is InChI=1S/C13H18N2O6/c1-7(13(20)21)14-12(19)9-5-8(16)6-15(9)10(17)3-2-4-11(15)18/h7-9,16H,2-6H2,1H3,(H-,14,19,20,21)/p+1/t7-,8?,9-/m0/s1. The second-order valence-electron chi connectivity index (χ2n) is 5.67. The number of hydrogen-bond acceptors (Lipinski definition) is 5. The molecule has 116 valence electrons. The summed E-state index contributed by atoms with van der Waals surface area (Å²) in [4.78, 5) is 47.6. The summed E-state index contributed by atoms with van der Waals surface area (Å²) < 4.78 is -0.667. The Morgan fingerprint density at radius 2 is 1.86 bits per heavy atom. The van der Waals surface area contributed by atoms with Crippen LogP contribution in [0.1, 0.15) is 32.6 Å². The van der Waals surface area contributed by atoms with Gasteiger partial charge in [0.05, 0.1) is 12.8 Å². The van der Waals surface area contributed by atoms with Gasteiger partial charge in [-0.2, -0.15) is 4.48 Å². The van der Waals surface area contributed by atoms with Crippen molar-refractivity contribution in [3.8, 4) is 0 Å². The minimum atomic E-state index is -1.20. The Morgan fingerprint density at radius 3 is 2.38 bits per heavy atom. The van der Waals surface area contributed by atoms with Gasteiger partial charge in [0.2, 0.25) is 0 Å². The van der Waals surface area contributed by atoms with Gasteiger partial charge in [0.25, 0.3) is 5.91 Å². The van der Waals surface area contributed by atoms with Crippen molar-refractivity contribution >= 4 is 23.7 Å². The number of nitrogens with zero attached hydrogens (tertiary/aromatic N) is 1. The van der Waals surface area contributed by atoms with Crippen molar-refractivity contribution in [2.45, 2.75) is 50.8 Å². The molecular weight excluding hydrogens is 280 g/mol. The van der Waals surface area contributed by atoms with Gasteiger partial charge in [0.1, 0.15) is 18.7 Å². The monoisotopic (exact) mass is 299 g/mol. The molecule has 2 aliphatic rings. The summed E-state index contributed by atoms with van der Waals surface area (Å²) in [5.74, 6) is -2.62. The molecule has 0 aromatic carbocycles. The molecule has 21 heavy (non-hydrogen) atoms. The number of carboxylic acid groups (broad SMARTS) is 1. The van der Waals surface area contributed by atoms with E-state index in [-0.39, 0.29) is 37.6 Å². The molecule has 2 heterocycles. The number of quaternary nitrogens is 1. The zero-order chi connectivity index (χ0) is 15.8. The highest BCUT2D eigenvalue weighted by Gasteiger charge is 2.60. The Morgan fingerprint density at radius 1 is 1.29 bits per heavy atom. The first kappa shape index (κ1) is 15.6. The number of rotatable bonds is 3. The van der Waals surface area contributed by atoms with Gasteiger partial charge in [-0.25, -0.2) is 9.59 Å². The first-order valence-corrected chi connectivity index (χ1v) is 6.95. The number of imide groups is 1. The minimum Gasteiger partial charge on any atom is -0.480 e. The SMILES string of the molecule is C[C@H](NC(=O)[C@@H]1CC(O)C[N+]12C(=O)CCCC2=O)C(=O)O. The van der Waals surface area contributed by atoms with E-state index in [2.05, 4.69) is 5.32 Å². The van der Waals surface area contributed by atoms with Crippen molar-refractivity contribution in [1.82, 2.24) is 5.32 Å². The number of aliphatic hydroxyl groups excluding tert-OH is 1. The third-order valence-corrected chi connectivity index (χ3v) is 4.23. The fourth-order valence-electron chi connectivity index (χ4n) is 3.13. The van der Waals surface area contributed by atoms with Crippen LogP contribution in [0.15, 0.2) is 0 Å². The number of amides is 3. The lowest BCUT2D eigenvalue weighted by atomic mass is 10.0. The Balaban J connectivity index is 2.28. The predicted octanol–water partition coefficient (Wildman–Crippen LogP) is -1.24. The quantitative estimate of drug-likeness (QED) is 0.443. The van der Waals surface area contributed by atoms with Gasteiger partial charge in [0, 0.05) is 6.42 Å². The largest absolute Gasteiger partial charge is 0.480 e. The molecule has 0 aliphatic carbocycles. The van der Waals surface area contributed by atoms with Crippen LogP contribution in [0.3, 0.4) is 0 Å². The van der Waals surface area contributed by atoms with Crippen molar-refractivity contribution in [2.24, 2.45) is 0 Å². The number of aliphatic hydroxyl groups is 1. The molecular formula is C13H19N2O6+. The van der Waals surface area contributed by atoms with Crippen LogP contribution in [0.5, 0.6) is 0 Å². The van der Waals surface area contributed by atoms with Crippen LogP contribution < -0.4 is 5.32 Å². The molecule has 3 amide bonds. The van der Waals surface area contributed by atoms with E-state index in [9.17, 15) is 24.3 Å². The Hall–Kier alpha value is -1.80. The molecule has 3 N–H and O–H groups in total. The van der Waals surface area contributed by atoms with E-state index in [1.165, 1.54) is 6.92 Å². The van der Waals surface area contributed by atoms with Gasteiger partial charge in [-0.1, -0.05) is 0 Å². The molecule has 0 radical (unpaired) electrons. The zero-order valence-electron chi connectivity index (χ0n) is 11.7. The summed E-state index contributed by atoms with van der Waals surface area (Å²) >= 11 is 0. The lowest BCUT2D eigenvalue weighted by molar-refractivity contribution is -0.786. The molecule has 8 nitrogen and oxygen atoms in total. The van der Waals surface area contributed by atoms with Crippen LogP contribution >= 0.6 is 0 Å². The van der Waals surface area contributed by atoms with Gasteiger partial charge in [0.15, 0.2) is 6.04 Å². The fourth-order valence-corrected chi connectivity index (χ4v) is 3.13. The van der Waals surface area contributed by atoms with Crippen molar-refractivity contribution in [3.63, 3.8) is 0 Å². The highest BCUT2D eigenvalue weighted by atomic mass is 16.4.